The second-order valence-electron chi connectivity index (χ2n) is 4.44. The lowest BCUT2D eigenvalue weighted by atomic mass is 10.1. The summed E-state index contributed by atoms with van der Waals surface area (Å²) >= 11 is 0. The van der Waals surface area contributed by atoms with Gasteiger partial charge in [-0.3, -0.25) is 4.79 Å². The summed E-state index contributed by atoms with van der Waals surface area (Å²) in [4.78, 5) is 14.0. The summed E-state index contributed by atoms with van der Waals surface area (Å²) in [5, 5.41) is 9.80. The first-order valence-electron chi connectivity index (χ1n) is 5.78. The second-order valence-corrected chi connectivity index (χ2v) is 4.44. The van der Waals surface area contributed by atoms with E-state index in [2.05, 4.69) is 0 Å². The molecular formula is C13H17NO3. The van der Waals surface area contributed by atoms with Crippen LogP contribution in [0.15, 0.2) is 18.2 Å². The summed E-state index contributed by atoms with van der Waals surface area (Å²) < 4.78 is 5.29. The van der Waals surface area contributed by atoms with Gasteiger partial charge in [-0.2, -0.15) is 0 Å². The minimum absolute atomic E-state index is 0.0497. The van der Waals surface area contributed by atoms with Crippen LogP contribution in [0.5, 0.6) is 5.75 Å². The van der Waals surface area contributed by atoms with Crippen LogP contribution >= 0.6 is 0 Å². The van der Waals surface area contributed by atoms with Crippen LogP contribution in [0.2, 0.25) is 0 Å². The van der Waals surface area contributed by atoms with Crippen molar-refractivity contribution in [3.8, 4) is 5.75 Å². The van der Waals surface area contributed by atoms with Gasteiger partial charge in [-0.25, -0.2) is 0 Å². The molecule has 0 aliphatic carbocycles. The van der Waals surface area contributed by atoms with E-state index in [-0.39, 0.29) is 17.7 Å². The zero-order valence-corrected chi connectivity index (χ0v) is 10.1. The molecule has 1 saturated heterocycles. The minimum atomic E-state index is -0.127. The highest BCUT2D eigenvalue weighted by Gasteiger charge is 2.26. The van der Waals surface area contributed by atoms with Crippen molar-refractivity contribution in [2.45, 2.75) is 19.9 Å². The van der Waals surface area contributed by atoms with Gasteiger partial charge in [-0.05, 0) is 31.5 Å². The van der Waals surface area contributed by atoms with Gasteiger partial charge in [0.1, 0.15) is 5.75 Å². The molecule has 1 aliphatic rings. The van der Waals surface area contributed by atoms with Crippen molar-refractivity contribution in [3.05, 3.63) is 29.3 Å². The van der Waals surface area contributed by atoms with Gasteiger partial charge in [0.05, 0.1) is 24.8 Å². The molecule has 1 fully saturated rings. The molecule has 0 spiro atoms. The molecule has 1 aromatic rings. The smallest absolute Gasteiger partial charge is 0.258 e. The van der Waals surface area contributed by atoms with Crippen LogP contribution in [-0.2, 0) is 4.74 Å². The van der Waals surface area contributed by atoms with Crippen LogP contribution in [0.4, 0.5) is 0 Å². The molecule has 0 saturated carbocycles. The standard InChI is InChI=1S/C13H17NO3/c1-9-3-4-11(12(15)7-9)13(16)14-5-6-17-8-10(14)2/h3-4,7,10,15H,5-6,8H2,1-2H3. The number of carbonyl (C=O) groups is 1. The van der Waals surface area contributed by atoms with E-state index >= 15 is 0 Å². The first kappa shape index (κ1) is 11.9. The molecule has 4 heteroatoms. The Morgan fingerprint density at radius 2 is 2.29 bits per heavy atom. The van der Waals surface area contributed by atoms with E-state index in [1.165, 1.54) is 0 Å². The number of benzene rings is 1. The van der Waals surface area contributed by atoms with E-state index in [9.17, 15) is 9.90 Å². The number of nitrogens with zero attached hydrogens (tertiary/aromatic N) is 1. The van der Waals surface area contributed by atoms with Gasteiger partial charge in [0, 0.05) is 6.54 Å². The Kier molecular flexibility index (Phi) is 3.33. The van der Waals surface area contributed by atoms with Crippen LogP contribution in [-0.4, -0.2) is 41.7 Å². The Bertz CT molecular complexity index is 431. The van der Waals surface area contributed by atoms with Gasteiger partial charge in [0.2, 0.25) is 0 Å². The first-order chi connectivity index (χ1) is 8.09. The van der Waals surface area contributed by atoms with Crippen LogP contribution in [0.25, 0.3) is 0 Å². The highest BCUT2D eigenvalue weighted by atomic mass is 16.5. The van der Waals surface area contributed by atoms with Crippen molar-refractivity contribution < 1.29 is 14.6 Å². The number of morpholine rings is 1. The molecule has 17 heavy (non-hydrogen) atoms. The van der Waals surface area contributed by atoms with Gasteiger partial charge >= 0.3 is 0 Å². The molecule has 1 unspecified atom stereocenters. The average Bonchev–Trinajstić information content (AvgIpc) is 2.29. The fourth-order valence-electron chi connectivity index (χ4n) is 2.01. The number of aryl methyl sites for hydroxylation is 1. The maximum Gasteiger partial charge on any atom is 0.258 e. The summed E-state index contributed by atoms with van der Waals surface area (Å²) in [6.45, 7) is 5.52. The quantitative estimate of drug-likeness (QED) is 0.803. The first-order valence-corrected chi connectivity index (χ1v) is 5.78. The van der Waals surface area contributed by atoms with Crippen molar-refractivity contribution in [3.63, 3.8) is 0 Å². The van der Waals surface area contributed by atoms with Crippen molar-refractivity contribution in [1.82, 2.24) is 4.90 Å². The largest absolute Gasteiger partial charge is 0.507 e. The normalized spacial score (nSPS) is 20.4. The SMILES string of the molecule is Cc1ccc(C(=O)N2CCOCC2C)c(O)c1. The highest BCUT2D eigenvalue weighted by molar-refractivity contribution is 5.97. The number of aromatic hydroxyl groups is 1. The van der Waals surface area contributed by atoms with E-state index in [0.717, 1.165) is 5.56 Å². The third kappa shape index (κ3) is 2.42. The van der Waals surface area contributed by atoms with E-state index in [4.69, 9.17) is 4.74 Å². The van der Waals surface area contributed by atoms with Gasteiger partial charge in [0.25, 0.3) is 5.91 Å². The summed E-state index contributed by atoms with van der Waals surface area (Å²) in [7, 11) is 0. The number of phenols is 1. The predicted octanol–water partition coefficient (Wildman–Crippen LogP) is 1.56. The molecule has 92 valence electrons. The van der Waals surface area contributed by atoms with Gasteiger partial charge in [-0.15, -0.1) is 0 Å². The molecule has 1 aromatic carbocycles. The summed E-state index contributed by atoms with van der Waals surface area (Å²) in [5.41, 5.74) is 1.30. The average molecular weight is 235 g/mol. The van der Waals surface area contributed by atoms with Gasteiger partial charge in [0.15, 0.2) is 0 Å². The van der Waals surface area contributed by atoms with Crippen molar-refractivity contribution in [2.24, 2.45) is 0 Å². The second kappa shape index (κ2) is 4.75. The van der Waals surface area contributed by atoms with Crippen LogP contribution in [0, 0.1) is 6.92 Å². The topological polar surface area (TPSA) is 49.8 Å². The Morgan fingerprint density at radius 1 is 1.53 bits per heavy atom. The number of phenolic OH excluding ortho intramolecular Hbond substituents is 1. The van der Waals surface area contributed by atoms with Crippen molar-refractivity contribution in [1.29, 1.82) is 0 Å². The van der Waals surface area contributed by atoms with Crippen LogP contribution in [0.1, 0.15) is 22.8 Å². The molecule has 1 aliphatic heterocycles. The summed E-state index contributed by atoms with van der Waals surface area (Å²) in [6.07, 6.45) is 0. The lowest BCUT2D eigenvalue weighted by Crippen LogP contribution is -2.47. The monoisotopic (exact) mass is 235 g/mol. The van der Waals surface area contributed by atoms with Crippen molar-refractivity contribution in [2.75, 3.05) is 19.8 Å². The maximum atomic E-state index is 12.3. The maximum absolute atomic E-state index is 12.3. The third-order valence-electron chi connectivity index (χ3n) is 3.01. The van der Waals surface area contributed by atoms with Crippen molar-refractivity contribution >= 4 is 5.91 Å². The zero-order chi connectivity index (χ0) is 12.4. The predicted molar refractivity (Wildman–Crippen MR) is 64.2 cm³/mol. The Morgan fingerprint density at radius 3 is 2.94 bits per heavy atom. The Labute approximate surface area is 101 Å². The van der Waals surface area contributed by atoms with E-state index in [1.807, 2.05) is 19.9 Å². The molecule has 4 nitrogen and oxygen atoms in total. The molecule has 0 bridgehead atoms. The number of amides is 1. The van der Waals surface area contributed by atoms with Gasteiger partial charge < -0.3 is 14.7 Å². The lowest BCUT2D eigenvalue weighted by Gasteiger charge is -2.33. The Hall–Kier alpha value is -1.55. The number of ether oxygens (including phenoxy) is 1. The third-order valence-corrected chi connectivity index (χ3v) is 3.01. The number of hydrogen-bond donors (Lipinski definition) is 1. The fourth-order valence-corrected chi connectivity index (χ4v) is 2.01. The van der Waals surface area contributed by atoms with Gasteiger partial charge in [-0.1, -0.05) is 6.07 Å². The molecule has 1 atom stereocenters. The zero-order valence-electron chi connectivity index (χ0n) is 10.1. The highest BCUT2D eigenvalue weighted by Crippen LogP contribution is 2.22. The molecule has 1 amide bonds. The Balaban J connectivity index is 2.24. The molecular weight excluding hydrogens is 218 g/mol. The number of carbonyl (C=O) groups excluding carboxylic acids is 1. The summed E-state index contributed by atoms with van der Waals surface area (Å²) in [5.74, 6) is -0.0769. The number of hydrogen-bond acceptors (Lipinski definition) is 3. The van der Waals surface area contributed by atoms with Crippen LogP contribution in [0.3, 0.4) is 0 Å². The molecule has 2 rings (SSSR count). The fraction of sp³-hybridized carbons (Fsp3) is 0.462. The summed E-state index contributed by atoms with van der Waals surface area (Å²) in [6, 6.07) is 5.17. The van der Waals surface area contributed by atoms with E-state index in [1.54, 1.807) is 17.0 Å². The molecule has 0 aromatic heterocycles. The number of rotatable bonds is 1. The molecule has 0 radical (unpaired) electrons. The van der Waals surface area contributed by atoms with Crippen LogP contribution < -0.4 is 0 Å². The lowest BCUT2D eigenvalue weighted by molar-refractivity contribution is 0.00345. The van der Waals surface area contributed by atoms with E-state index in [0.29, 0.717) is 25.3 Å². The van der Waals surface area contributed by atoms with E-state index < -0.39 is 0 Å². The molecule has 1 heterocycles. The minimum Gasteiger partial charge on any atom is -0.507 e. The molecule has 1 N–H and O–H groups in total.